The number of nitrogens with one attached hydrogen (secondary N) is 2. The molecule has 0 spiro atoms. The van der Waals surface area contributed by atoms with E-state index in [4.69, 9.17) is 0 Å². The van der Waals surface area contributed by atoms with Crippen molar-refractivity contribution in [2.24, 2.45) is 0 Å². The number of rotatable bonds is 10. The van der Waals surface area contributed by atoms with Gasteiger partial charge in [0.2, 0.25) is 11.8 Å². The maximum atomic E-state index is 12.7. The van der Waals surface area contributed by atoms with Crippen molar-refractivity contribution in [1.29, 1.82) is 0 Å². The molecule has 0 fully saturated rings. The molecule has 26 heavy (non-hydrogen) atoms. The van der Waals surface area contributed by atoms with Crippen LogP contribution in [0.15, 0.2) is 60.7 Å². The highest BCUT2D eigenvalue weighted by Crippen LogP contribution is 2.06. The molecule has 1 unspecified atom stereocenters. The molecule has 2 amide bonds. The highest BCUT2D eigenvalue weighted by molar-refractivity contribution is 5.87. The van der Waals surface area contributed by atoms with Gasteiger partial charge in [-0.1, -0.05) is 80.4 Å². The van der Waals surface area contributed by atoms with Crippen LogP contribution in [0.2, 0.25) is 0 Å². The van der Waals surface area contributed by atoms with Crippen molar-refractivity contribution < 1.29 is 9.59 Å². The van der Waals surface area contributed by atoms with Gasteiger partial charge >= 0.3 is 0 Å². The molecule has 0 bridgehead atoms. The Bertz CT molecular complexity index is 671. The Morgan fingerprint density at radius 2 is 1.50 bits per heavy atom. The van der Waals surface area contributed by atoms with Gasteiger partial charge in [0.15, 0.2) is 0 Å². The van der Waals surface area contributed by atoms with Crippen LogP contribution in [0.25, 0.3) is 0 Å². The summed E-state index contributed by atoms with van der Waals surface area (Å²) in [5.74, 6) is -0.212. The molecule has 0 aliphatic carbocycles. The van der Waals surface area contributed by atoms with Crippen molar-refractivity contribution in [3.05, 3.63) is 71.8 Å². The molecule has 2 aromatic carbocycles. The minimum Gasteiger partial charge on any atom is -0.350 e. The molecule has 2 aromatic rings. The van der Waals surface area contributed by atoms with E-state index in [2.05, 4.69) is 17.6 Å². The lowest BCUT2D eigenvalue weighted by atomic mass is 10.0. The van der Waals surface area contributed by atoms with E-state index in [9.17, 15) is 9.59 Å². The fraction of sp³-hybridized carbons (Fsp3) is 0.364. The van der Waals surface area contributed by atoms with E-state index in [1.807, 2.05) is 60.7 Å². The molecule has 4 heteroatoms. The second kappa shape index (κ2) is 11.1. The maximum Gasteiger partial charge on any atom is 0.243 e. The van der Waals surface area contributed by atoms with E-state index in [1.165, 1.54) is 0 Å². The molecule has 4 nitrogen and oxygen atoms in total. The number of hydrogen-bond donors (Lipinski definition) is 2. The first-order valence-corrected chi connectivity index (χ1v) is 9.34. The Hall–Kier alpha value is -2.62. The molecule has 2 N–H and O–H groups in total. The first-order chi connectivity index (χ1) is 12.7. The number of hydrogen-bond acceptors (Lipinski definition) is 2. The van der Waals surface area contributed by atoms with E-state index < -0.39 is 6.04 Å². The fourth-order valence-corrected chi connectivity index (χ4v) is 2.77. The van der Waals surface area contributed by atoms with Gasteiger partial charge in [0.25, 0.3) is 0 Å². The van der Waals surface area contributed by atoms with Gasteiger partial charge in [0.05, 0.1) is 0 Å². The Morgan fingerprint density at radius 3 is 2.12 bits per heavy atom. The van der Waals surface area contributed by atoms with Crippen LogP contribution in [0.5, 0.6) is 0 Å². The number of amides is 2. The summed E-state index contributed by atoms with van der Waals surface area (Å²) in [5, 5.41) is 5.85. The molecule has 2 rings (SSSR count). The van der Waals surface area contributed by atoms with E-state index in [0.717, 1.165) is 30.4 Å². The maximum absolute atomic E-state index is 12.7. The quantitative estimate of drug-likeness (QED) is 0.642. The smallest absolute Gasteiger partial charge is 0.243 e. The average Bonchev–Trinajstić information content (AvgIpc) is 2.67. The molecule has 138 valence electrons. The number of carbonyl (C=O) groups excluding carboxylic acids is 2. The summed E-state index contributed by atoms with van der Waals surface area (Å²) in [6, 6.07) is 19.0. The highest BCUT2D eigenvalue weighted by atomic mass is 16.2. The van der Waals surface area contributed by atoms with Gasteiger partial charge in [-0.3, -0.25) is 9.59 Å². The second-order valence-electron chi connectivity index (χ2n) is 6.47. The summed E-state index contributed by atoms with van der Waals surface area (Å²) in [6.07, 6.45) is 3.90. The predicted octanol–water partition coefficient (Wildman–Crippen LogP) is 3.61. The summed E-state index contributed by atoms with van der Waals surface area (Å²) >= 11 is 0. The molecular weight excluding hydrogens is 324 g/mol. The number of unbranched alkanes of at least 4 members (excludes halogenated alkanes) is 2. The van der Waals surface area contributed by atoms with Crippen LogP contribution in [0.4, 0.5) is 0 Å². The van der Waals surface area contributed by atoms with Gasteiger partial charge in [0.1, 0.15) is 6.04 Å². The third kappa shape index (κ3) is 7.09. The summed E-state index contributed by atoms with van der Waals surface area (Å²) in [4.78, 5) is 24.9. The summed E-state index contributed by atoms with van der Waals surface area (Å²) < 4.78 is 0. The summed E-state index contributed by atoms with van der Waals surface area (Å²) in [6.45, 7) is 2.56. The van der Waals surface area contributed by atoms with Crippen LogP contribution < -0.4 is 10.6 Å². The van der Waals surface area contributed by atoms with Crippen LogP contribution in [0, 0.1) is 0 Å². The monoisotopic (exact) mass is 352 g/mol. The first-order valence-electron chi connectivity index (χ1n) is 9.34. The molecule has 1 atom stereocenters. The lowest BCUT2D eigenvalue weighted by Crippen LogP contribution is -2.47. The normalized spacial score (nSPS) is 11.6. The molecule has 0 saturated heterocycles. The Morgan fingerprint density at radius 1 is 0.885 bits per heavy atom. The Labute approximate surface area is 156 Å². The SMILES string of the molecule is CCCCCC(=O)NC(Cc1ccccc1)C(=O)NCc1ccccc1. The van der Waals surface area contributed by atoms with Crippen molar-refractivity contribution >= 4 is 11.8 Å². The van der Waals surface area contributed by atoms with Crippen molar-refractivity contribution in [2.45, 2.75) is 51.6 Å². The zero-order chi connectivity index (χ0) is 18.6. The van der Waals surface area contributed by atoms with Gasteiger partial charge < -0.3 is 10.6 Å². The van der Waals surface area contributed by atoms with Crippen LogP contribution in [0.3, 0.4) is 0 Å². The van der Waals surface area contributed by atoms with Gasteiger partial charge in [-0.05, 0) is 17.5 Å². The minimum absolute atomic E-state index is 0.0609. The van der Waals surface area contributed by atoms with Crippen LogP contribution in [-0.2, 0) is 22.6 Å². The van der Waals surface area contributed by atoms with Crippen LogP contribution >= 0.6 is 0 Å². The van der Waals surface area contributed by atoms with E-state index >= 15 is 0 Å². The third-order valence-corrected chi connectivity index (χ3v) is 4.25. The van der Waals surface area contributed by atoms with Gasteiger partial charge in [-0.2, -0.15) is 0 Å². The van der Waals surface area contributed by atoms with Crippen molar-refractivity contribution in [3.8, 4) is 0 Å². The molecule has 0 aliphatic rings. The standard InChI is InChI=1S/C22H28N2O2/c1-2-3-6-15-21(25)24-20(16-18-11-7-4-8-12-18)22(26)23-17-19-13-9-5-10-14-19/h4-5,7-14,20H,2-3,6,15-17H2,1H3,(H,23,26)(H,24,25). The molecule has 0 heterocycles. The van der Waals surface area contributed by atoms with Gasteiger partial charge in [-0.25, -0.2) is 0 Å². The molecule has 0 aromatic heterocycles. The topological polar surface area (TPSA) is 58.2 Å². The average molecular weight is 352 g/mol. The van der Waals surface area contributed by atoms with Crippen molar-refractivity contribution in [1.82, 2.24) is 10.6 Å². The van der Waals surface area contributed by atoms with E-state index in [-0.39, 0.29) is 11.8 Å². The fourth-order valence-electron chi connectivity index (χ4n) is 2.77. The predicted molar refractivity (Wildman–Crippen MR) is 105 cm³/mol. The third-order valence-electron chi connectivity index (χ3n) is 4.25. The lowest BCUT2D eigenvalue weighted by Gasteiger charge is -2.19. The Balaban J connectivity index is 1.96. The Kier molecular flexibility index (Phi) is 8.40. The largest absolute Gasteiger partial charge is 0.350 e. The number of carbonyl (C=O) groups is 2. The van der Waals surface area contributed by atoms with Gasteiger partial charge in [0, 0.05) is 19.4 Å². The first kappa shape index (κ1) is 19.7. The summed E-state index contributed by atoms with van der Waals surface area (Å²) in [5.41, 5.74) is 2.06. The highest BCUT2D eigenvalue weighted by Gasteiger charge is 2.20. The summed E-state index contributed by atoms with van der Waals surface area (Å²) in [7, 11) is 0. The zero-order valence-corrected chi connectivity index (χ0v) is 15.4. The van der Waals surface area contributed by atoms with Crippen molar-refractivity contribution in [2.75, 3.05) is 0 Å². The van der Waals surface area contributed by atoms with Crippen LogP contribution in [0.1, 0.15) is 43.7 Å². The minimum atomic E-state index is -0.560. The number of benzene rings is 2. The van der Waals surface area contributed by atoms with Crippen molar-refractivity contribution in [3.63, 3.8) is 0 Å². The molecular formula is C22H28N2O2. The second-order valence-corrected chi connectivity index (χ2v) is 6.47. The molecule has 0 aliphatic heterocycles. The van der Waals surface area contributed by atoms with E-state index in [0.29, 0.717) is 19.4 Å². The van der Waals surface area contributed by atoms with E-state index in [1.54, 1.807) is 0 Å². The van der Waals surface area contributed by atoms with Gasteiger partial charge in [-0.15, -0.1) is 0 Å². The molecule has 0 saturated carbocycles. The lowest BCUT2D eigenvalue weighted by molar-refractivity contribution is -0.129. The van der Waals surface area contributed by atoms with Crippen LogP contribution in [-0.4, -0.2) is 17.9 Å². The zero-order valence-electron chi connectivity index (χ0n) is 15.4. The molecule has 0 radical (unpaired) electrons.